The van der Waals surface area contributed by atoms with E-state index in [2.05, 4.69) is 34.7 Å². The van der Waals surface area contributed by atoms with Crippen LogP contribution < -0.4 is 15.2 Å². The summed E-state index contributed by atoms with van der Waals surface area (Å²) in [7, 11) is 1.69. The minimum atomic E-state index is -0.347. The highest BCUT2D eigenvalue weighted by Crippen LogP contribution is 2.42. The van der Waals surface area contributed by atoms with E-state index in [9.17, 15) is 14.4 Å². The largest absolute Gasteiger partial charge is 0.484 e. The smallest absolute Gasteiger partial charge is 0.295 e. The number of fused-ring (bicyclic) bond motifs is 5. The van der Waals surface area contributed by atoms with Crippen molar-refractivity contribution in [2.45, 2.75) is 44.8 Å². The second kappa shape index (κ2) is 9.14. The molecule has 0 N–H and O–H groups in total. The van der Waals surface area contributed by atoms with Crippen molar-refractivity contribution in [3.63, 3.8) is 0 Å². The first-order chi connectivity index (χ1) is 16.9. The number of hydrogen-bond donors (Lipinski definition) is 0. The maximum absolute atomic E-state index is 13.7. The van der Waals surface area contributed by atoms with E-state index < -0.39 is 0 Å². The van der Waals surface area contributed by atoms with Crippen molar-refractivity contribution in [1.82, 2.24) is 14.5 Å². The van der Waals surface area contributed by atoms with Crippen LogP contribution in [0.5, 0.6) is 5.75 Å². The highest BCUT2D eigenvalue weighted by molar-refractivity contribution is 6.31. The van der Waals surface area contributed by atoms with Gasteiger partial charge in [0.05, 0.1) is 11.6 Å². The van der Waals surface area contributed by atoms with Crippen molar-refractivity contribution in [2.75, 3.05) is 24.6 Å². The summed E-state index contributed by atoms with van der Waals surface area (Å²) in [5.74, 6) is -0.0591. The van der Waals surface area contributed by atoms with Crippen LogP contribution in [0.25, 0.3) is 11.0 Å². The second-order valence-corrected chi connectivity index (χ2v) is 9.59. The van der Waals surface area contributed by atoms with Gasteiger partial charge in [-0.1, -0.05) is 31.5 Å². The fourth-order valence-corrected chi connectivity index (χ4v) is 5.84. The minimum absolute atomic E-state index is 0.0126. The van der Waals surface area contributed by atoms with Gasteiger partial charge in [-0.2, -0.15) is 5.26 Å². The summed E-state index contributed by atoms with van der Waals surface area (Å²) in [6.45, 7) is 5.99. The van der Waals surface area contributed by atoms with Gasteiger partial charge in [0.25, 0.3) is 5.56 Å². The fourth-order valence-electron chi connectivity index (χ4n) is 5.54. The molecule has 1 aromatic carbocycles. The zero-order valence-electron chi connectivity index (χ0n) is 20.0. The van der Waals surface area contributed by atoms with Crippen molar-refractivity contribution in [1.29, 1.82) is 5.26 Å². The van der Waals surface area contributed by atoms with Crippen molar-refractivity contribution in [3.05, 3.63) is 62.8 Å². The van der Waals surface area contributed by atoms with Crippen LogP contribution in [-0.4, -0.2) is 46.2 Å². The summed E-state index contributed by atoms with van der Waals surface area (Å²) >= 11 is 6.47. The lowest BCUT2D eigenvalue weighted by Gasteiger charge is -2.51. The number of rotatable bonds is 4. The molecule has 1 fully saturated rings. The maximum Gasteiger partial charge on any atom is 0.295 e. The Morgan fingerprint density at radius 1 is 1.29 bits per heavy atom. The zero-order chi connectivity index (χ0) is 24.9. The van der Waals surface area contributed by atoms with E-state index in [1.165, 1.54) is 16.7 Å². The number of anilines is 1. The quantitative estimate of drug-likeness (QED) is 0.533. The Hall–Kier alpha value is -3.15. The summed E-state index contributed by atoms with van der Waals surface area (Å²) in [5.41, 5.74) is 2.93. The van der Waals surface area contributed by atoms with Crippen molar-refractivity contribution in [3.8, 4) is 11.8 Å². The summed E-state index contributed by atoms with van der Waals surface area (Å²) in [4.78, 5) is 22.4. The predicted octanol–water partition coefficient (Wildman–Crippen LogP) is 4.41. The molecule has 5 rings (SSSR count). The molecule has 0 radical (unpaired) electrons. The average molecular weight is 496 g/mol. The zero-order valence-corrected chi connectivity index (χ0v) is 20.7. The molecule has 0 saturated carbocycles. The number of nitrogens with zero attached hydrogens (tertiary/aromatic N) is 5. The number of ether oxygens (including phenoxy) is 1. The van der Waals surface area contributed by atoms with Crippen LogP contribution in [0.3, 0.4) is 0 Å². The Kier molecular flexibility index (Phi) is 6.16. The van der Waals surface area contributed by atoms with Gasteiger partial charge in [-0.25, -0.2) is 9.37 Å². The molecule has 3 aromatic rings. The molecule has 7 nitrogen and oxygen atoms in total. The van der Waals surface area contributed by atoms with Crippen molar-refractivity contribution >= 4 is 28.3 Å². The summed E-state index contributed by atoms with van der Waals surface area (Å²) < 4.78 is 21.3. The summed E-state index contributed by atoms with van der Waals surface area (Å²) in [5, 5.41) is 9.87. The van der Waals surface area contributed by atoms with Crippen LogP contribution in [0, 0.1) is 17.1 Å². The molecule has 35 heavy (non-hydrogen) atoms. The molecule has 9 heteroatoms. The Morgan fingerprint density at radius 3 is 2.77 bits per heavy atom. The SMILES string of the molecule is CCC(c1ccc(F)cc1Cl)N1C[C@H]2COc3c(c4nc(C#N)ccc4n(C)c3=O)N2C[C@H]1CC. The molecule has 2 aliphatic rings. The Labute approximate surface area is 208 Å². The monoisotopic (exact) mass is 495 g/mol. The van der Waals surface area contributed by atoms with Crippen LogP contribution in [0.4, 0.5) is 10.1 Å². The van der Waals surface area contributed by atoms with Crippen molar-refractivity contribution in [2.24, 2.45) is 7.05 Å². The van der Waals surface area contributed by atoms with Gasteiger partial charge in [0.1, 0.15) is 35.4 Å². The molecule has 0 bridgehead atoms. The molecule has 182 valence electrons. The number of hydrogen-bond acceptors (Lipinski definition) is 6. The number of aromatic nitrogens is 2. The normalized spacial score (nSPS) is 20.6. The number of aryl methyl sites for hydroxylation is 1. The number of piperazine rings is 1. The molecule has 2 aliphatic heterocycles. The molecule has 0 spiro atoms. The first-order valence-electron chi connectivity index (χ1n) is 11.9. The van der Waals surface area contributed by atoms with Gasteiger partial charge in [0, 0.05) is 37.2 Å². The third-order valence-electron chi connectivity index (χ3n) is 7.31. The average Bonchev–Trinajstić information content (AvgIpc) is 2.87. The molecule has 4 heterocycles. The maximum atomic E-state index is 13.7. The molecule has 2 aromatic heterocycles. The second-order valence-electron chi connectivity index (χ2n) is 9.18. The first-order valence-corrected chi connectivity index (χ1v) is 12.3. The van der Waals surface area contributed by atoms with Crippen LogP contribution >= 0.6 is 11.6 Å². The van der Waals surface area contributed by atoms with Crippen molar-refractivity contribution < 1.29 is 9.13 Å². The van der Waals surface area contributed by atoms with E-state index in [0.29, 0.717) is 47.1 Å². The molecule has 1 unspecified atom stereocenters. The number of nitriles is 1. The lowest BCUT2D eigenvalue weighted by molar-refractivity contribution is 0.0720. The van der Waals surface area contributed by atoms with Gasteiger partial charge >= 0.3 is 0 Å². The van der Waals surface area contributed by atoms with Gasteiger partial charge < -0.3 is 14.2 Å². The van der Waals surface area contributed by atoms with Crippen LogP contribution in [0.2, 0.25) is 5.02 Å². The van der Waals surface area contributed by atoms with E-state index in [0.717, 1.165) is 18.4 Å². The van der Waals surface area contributed by atoms with Crippen LogP contribution in [0.1, 0.15) is 44.0 Å². The molecular weight excluding hydrogens is 469 g/mol. The Bertz CT molecular complexity index is 1400. The van der Waals surface area contributed by atoms with Gasteiger partial charge in [0.2, 0.25) is 5.75 Å². The lowest BCUT2D eigenvalue weighted by atomic mass is 9.94. The van der Waals surface area contributed by atoms with E-state index in [-0.39, 0.29) is 35.3 Å². The standard InChI is InChI=1S/C26H27ClFN5O2/c1-4-17-12-33-18(13-32(17)21(5-2)19-8-6-15(28)10-20(19)27)14-35-25-24(33)23-22(31(3)26(25)34)9-7-16(11-29)30-23/h6-10,17-18,21H,4-5,12-14H2,1-3H3/t17-,18+,21?/m1/s1. The Balaban J connectivity index is 1.59. The number of pyridine rings is 2. The van der Waals surface area contributed by atoms with Gasteiger partial charge in [-0.15, -0.1) is 0 Å². The number of halogens is 2. The van der Waals surface area contributed by atoms with E-state index in [4.69, 9.17) is 16.3 Å². The highest BCUT2D eigenvalue weighted by atomic mass is 35.5. The van der Waals surface area contributed by atoms with Gasteiger partial charge in [-0.3, -0.25) is 9.69 Å². The van der Waals surface area contributed by atoms with Gasteiger partial charge in [0.15, 0.2) is 0 Å². The predicted molar refractivity (Wildman–Crippen MR) is 134 cm³/mol. The molecule has 3 atom stereocenters. The van der Waals surface area contributed by atoms with Crippen LogP contribution in [0.15, 0.2) is 35.1 Å². The fraction of sp³-hybridized carbons (Fsp3) is 0.423. The van der Waals surface area contributed by atoms with E-state index in [1.807, 2.05) is 0 Å². The molecular formula is C26H27ClFN5O2. The molecule has 0 amide bonds. The Morgan fingerprint density at radius 2 is 2.09 bits per heavy atom. The first kappa shape index (κ1) is 23.6. The topological polar surface area (TPSA) is 74.4 Å². The lowest BCUT2D eigenvalue weighted by Crippen LogP contribution is -2.62. The van der Waals surface area contributed by atoms with E-state index >= 15 is 0 Å². The van der Waals surface area contributed by atoms with E-state index in [1.54, 1.807) is 25.2 Å². The van der Waals surface area contributed by atoms with Gasteiger partial charge in [-0.05, 0) is 42.7 Å². The third kappa shape index (κ3) is 3.83. The summed E-state index contributed by atoms with van der Waals surface area (Å²) in [6, 6.07) is 10.3. The summed E-state index contributed by atoms with van der Waals surface area (Å²) in [6.07, 6.45) is 1.71. The molecule has 0 aliphatic carbocycles. The minimum Gasteiger partial charge on any atom is -0.484 e. The third-order valence-corrected chi connectivity index (χ3v) is 7.64. The highest BCUT2D eigenvalue weighted by Gasteiger charge is 2.42. The number of benzene rings is 1. The van der Waals surface area contributed by atoms with Crippen LogP contribution in [-0.2, 0) is 7.05 Å². The molecule has 1 saturated heterocycles.